The molecule has 2 heteroatoms. The minimum Gasteiger partial charge on any atom is -0.395 e. The molecule has 1 unspecified atom stereocenters. The van der Waals surface area contributed by atoms with Gasteiger partial charge in [-0.05, 0) is 44.3 Å². The number of aliphatic hydroxyl groups is 1. The van der Waals surface area contributed by atoms with E-state index in [2.05, 4.69) is 50.3 Å². The highest BCUT2D eigenvalue weighted by Crippen LogP contribution is 2.17. The first-order chi connectivity index (χ1) is 10.8. The molecule has 0 aromatic heterocycles. The first-order valence-electron chi connectivity index (χ1n) is 9.02. The van der Waals surface area contributed by atoms with E-state index in [9.17, 15) is 5.11 Å². The Kier molecular flexibility index (Phi) is 18.2. The fourth-order valence-electron chi connectivity index (χ4n) is 2.28. The van der Waals surface area contributed by atoms with E-state index in [0.29, 0.717) is 11.9 Å². The Bertz CT molecular complexity index is 294. The number of aliphatic hydroxyl groups excluding tert-OH is 1. The van der Waals surface area contributed by atoms with Crippen LogP contribution in [0.4, 0.5) is 0 Å². The van der Waals surface area contributed by atoms with Gasteiger partial charge in [0.15, 0.2) is 0 Å². The van der Waals surface area contributed by atoms with Gasteiger partial charge in [0.2, 0.25) is 0 Å². The Hall–Kier alpha value is -0.470. The third-order valence-electron chi connectivity index (χ3n) is 3.53. The van der Waals surface area contributed by atoms with Crippen LogP contribution in [-0.4, -0.2) is 22.7 Å². The van der Waals surface area contributed by atoms with Crippen LogP contribution in [0.25, 0.3) is 0 Å². The van der Waals surface area contributed by atoms with Crippen molar-refractivity contribution in [1.29, 1.82) is 0 Å². The molecule has 0 aliphatic carbocycles. The molecule has 0 spiro atoms. The van der Waals surface area contributed by atoms with Crippen LogP contribution in [0.5, 0.6) is 0 Å². The van der Waals surface area contributed by atoms with Crippen LogP contribution in [0, 0.1) is 0 Å². The molecular weight excluding hydrogens is 288 g/mol. The standard InChI is InChI=1S/C20H36OS/c1-3-5-6-7-8-9-10-11-12-13-14-15-16-17-18-20(19-21)22-4-2/h5-6,8-9,11-12,20-21H,3-4,7,10,13-19H2,1-2H3/b6-5-,9-8-,12-11-. The van der Waals surface area contributed by atoms with Crippen molar-refractivity contribution in [2.45, 2.75) is 76.9 Å². The Balaban J connectivity index is 3.35. The fraction of sp³-hybridized carbons (Fsp3) is 0.700. The lowest BCUT2D eigenvalue weighted by molar-refractivity contribution is 0.288. The van der Waals surface area contributed by atoms with Crippen molar-refractivity contribution >= 4 is 11.8 Å². The van der Waals surface area contributed by atoms with E-state index in [1.54, 1.807) is 0 Å². The molecule has 0 radical (unpaired) electrons. The maximum Gasteiger partial charge on any atom is 0.0550 e. The van der Waals surface area contributed by atoms with E-state index >= 15 is 0 Å². The van der Waals surface area contributed by atoms with Gasteiger partial charge in [0, 0.05) is 5.25 Å². The first kappa shape index (κ1) is 21.5. The average Bonchev–Trinajstić information content (AvgIpc) is 2.54. The molecule has 0 aromatic carbocycles. The molecule has 0 aliphatic heterocycles. The Morgan fingerprint density at radius 1 is 0.818 bits per heavy atom. The molecule has 0 heterocycles. The average molecular weight is 325 g/mol. The SMILES string of the molecule is CC/C=C\C/C=C\C/C=C\CCCCCCC(CO)SCC. The van der Waals surface area contributed by atoms with Gasteiger partial charge in [-0.25, -0.2) is 0 Å². The van der Waals surface area contributed by atoms with Crippen molar-refractivity contribution in [3.8, 4) is 0 Å². The first-order valence-corrected chi connectivity index (χ1v) is 10.1. The second kappa shape index (κ2) is 18.6. The number of hydrogen-bond donors (Lipinski definition) is 1. The topological polar surface area (TPSA) is 20.2 Å². The van der Waals surface area contributed by atoms with E-state index < -0.39 is 0 Å². The smallest absolute Gasteiger partial charge is 0.0550 e. The minimum absolute atomic E-state index is 0.336. The summed E-state index contributed by atoms with van der Waals surface area (Å²) < 4.78 is 0. The molecule has 0 amide bonds. The molecular formula is C20H36OS. The zero-order valence-electron chi connectivity index (χ0n) is 14.7. The summed E-state index contributed by atoms with van der Waals surface area (Å²) in [6, 6.07) is 0. The zero-order chi connectivity index (χ0) is 16.3. The van der Waals surface area contributed by atoms with Gasteiger partial charge in [-0.15, -0.1) is 0 Å². The van der Waals surface area contributed by atoms with Crippen LogP contribution in [0.3, 0.4) is 0 Å². The normalized spacial score (nSPS) is 13.8. The van der Waals surface area contributed by atoms with E-state index in [1.165, 1.54) is 38.5 Å². The molecule has 0 aromatic rings. The van der Waals surface area contributed by atoms with Crippen molar-refractivity contribution in [3.63, 3.8) is 0 Å². The monoisotopic (exact) mass is 324 g/mol. The summed E-state index contributed by atoms with van der Waals surface area (Å²) in [6.45, 7) is 4.66. The largest absolute Gasteiger partial charge is 0.395 e. The van der Waals surface area contributed by atoms with Gasteiger partial charge in [-0.1, -0.05) is 69.6 Å². The number of rotatable bonds is 15. The van der Waals surface area contributed by atoms with Crippen LogP contribution in [0.2, 0.25) is 0 Å². The Morgan fingerprint density at radius 3 is 2.09 bits per heavy atom. The molecule has 1 atom stereocenters. The summed E-state index contributed by atoms with van der Waals surface area (Å²) in [7, 11) is 0. The van der Waals surface area contributed by atoms with E-state index in [-0.39, 0.29) is 0 Å². The molecule has 0 fully saturated rings. The van der Waals surface area contributed by atoms with E-state index in [1.807, 2.05) is 11.8 Å². The summed E-state index contributed by atoms with van der Waals surface area (Å²) >= 11 is 1.89. The van der Waals surface area contributed by atoms with Crippen LogP contribution >= 0.6 is 11.8 Å². The zero-order valence-corrected chi connectivity index (χ0v) is 15.5. The lowest BCUT2D eigenvalue weighted by Crippen LogP contribution is -2.08. The van der Waals surface area contributed by atoms with Gasteiger partial charge in [-0.2, -0.15) is 11.8 Å². The van der Waals surface area contributed by atoms with Crippen LogP contribution in [-0.2, 0) is 0 Å². The predicted octanol–water partition coefficient (Wildman–Crippen LogP) is 6.30. The molecule has 0 bridgehead atoms. The quantitative estimate of drug-likeness (QED) is 0.282. The van der Waals surface area contributed by atoms with Crippen molar-refractivity contribution < 1.29 is 5.11 Å². The highest BCUT2D eigenvalue weighted by Gasteiger charge is 2.05. The minimum atomic E-state index is 0.336. The Morgan fingerprint density at radius 2 is 1.45 bits per heavy atom. The lowest BCUT2D eigenvalue weighted by atomic mass is 10.1. The molecule has 0 saturated carbocycles. The summed E-state index contributed by atoms with van der Waals surface area (Å²) in [4.78, 5) is 0. The molecule has 22 heavy (non-hydrogen) atoms. The van der Waals surface area contributed by atoms with Crippen molar-refractivity contribution in [2.75, 3.05) is 12.4 Å². The van der Waals surface area contributed by atoms with E-state index in [0.717, 1.165) is 25.0 Å². The number of hydrogen-bond acceptors (Lipinski definition) is 2. The molecule has 128 valence electrons. The van der Waals surface area contributed by atoms with Crippen LogP contribution in [0.15, 0.2) is 36.5 Å². The third-order valence-corrected chi connectivity index (χ3v) is 4.72. The Labute approximate surface area is 143 Å². The maximum atomic E-state index is 9.22. The maximum absolute atomic E-state index is 9.22. The highest BCUT2D eigenvalue weighted by molar-refractivity contribution is 7.99. The van der Waals surface area contributed by atoms with Gasteiger partial charge >= 0.3 is 0 Å². The highest BCUT2D eigenvalue weighted by atomic mass is 32.2. The molecule has 0 rings (SSSR count). The summed E-state index contributed by atoms with van der Waals surface area (Å²) in [5.41, 5.74) is 0. The third kappa shape index (κ3) is 15.9. The van der Waals surface area contributed by atoms with Crippen LogP contribution < -0.4 is 0 Å². The summed E-state index contributed by atoms with van der Waals surface area (Å²) in [5.74, 6) is 1.11. The van der Waals surface area contributed by atoms with Crippen molar-refractivity contribution in [3.05, 3.63) is 36.5 Å². The number of unbranched alkanes of at least 4 members (excludes halogenated alkanes) is 4. The summed E-state index contributed by atoms with van der Waals surface area (Å²) in [6.07, 6.45) is 24.3. The second-order valence-electron chi connectivity index (χ2n) is 5.55. The van der Waals surface area contributed by atoms with Gasteiger partial charge in [0.1, 0.15) is 0 Å². The second-order valence-corrected chi connectivity index (χ2v) is 7.12. The molecule has 1 N–H and O–H groups in total. The van der Waals surface area contributed by atoms with Crippen molar-refractivity contribution in [1.82, 2.24) is 0 Å². The molecule has 0 saturated heterocycles. The predicted molar refractivity (Wildman–Crippen MR) is 104 cm³/mol. The van der Waals surface area contributed by atoms with E-state index in [4.69, 9.17) is 0 Å². The van der Waals surface area contributed by atoms with Gasteiger partial charge in [0.25, 0.3) is 0 Å². The fourth-order valence-corrected chi connectivity index (χ4v) is 3.19. The summed E-state index contributed by atoms with van der Waals surface area (Å²) in [5, 5.41) is 9.68. The lowest BCUT2D eigenvalue weighted by Gasteiger charge is -2.11. The van der Waals surface area contributed by atoms with Crippen LogP contribution in [0.1, 0.15) is 71.6 Å². The van der Waals surface area contributed by atoms with Gasteiger partial charge < -0.3 is 5.11 Å². The molecule has 1 nitrogen and oxygen atoms in total. The van der Waals surface area contributed by atoms with Crippen molar-refractivity contribution in [2.24, 2.45) is 0 Å². The molecule has 0 aliphatic rings. The number of thioether (sulfide) groups is 1. The number of allylic oxidation sites excluding steroid dienone is 6. The van der Waals surface area contributed by atoms with Gasteiger partial charge in [0.05, 0.1) is 6.61 Å². The van der Waals surface area contributed by atoms with Gasteiger partial charge in [-0.3, -0.25) is 0 Å².